The lowest BCUT2D eigenvalue weighted by Gasteiger charge is -2.26. The molecule has 0 radical (unpaired) electrons. The molecule has 0 aliphatic carbocycles. The standard InChI is InChI=1S/C19H21ClF3N5O/c20-14-6-4-13(5-7-14)17(29)26-16-12-15(19(21,22)23)25-18(27-16)24-8-11-28-9-2-1-3-10-28/h4-7,12H,1-3,8-11H2,(H2,24,25,26,27,29). The predicted molar refractivity (Wildman–Crippen MR) is 105 cm³/mol. The number of rotatable bonds is 6. The molecule has 2 aromatic rings. The molecule has 1 aromatic carbocycles. The van der Waals surface area contributed by atoms with Gasteiger partial charge in [0, 0.05) is 29.7 Å². The maximum Gasteiger partial charge on any atom is 0.433 e. The van der Waals surface area contributed by atoms with E-state index >= 15 is 0 Å². The lowest BCUT2D eigenvalue weighted by molar-refractivity contribution is -0.141. The van der Waals surface area contributed by atoms with E-state index in [1.165, 1.54) is 30.7 Å². The molecular formula is C19H21ClF3N5O. The number of carbonyl (C=O) groups excluding carboxylic acids is 1. The van der Waals surface area contributed by atoms with Crippen LogP contribution in [0.2, 0.25) is 5.02 Å². The smallest absolute Gasteiger partial charge is 0.353 e. The average Bonchev–Trinajstić information content (AvgIpc) is 2.68. The molecule has 3 rings (SSSR count). The number of anilines is 2. The number of aromatic nitrogens is 2. The second-order valence-electron chi connectivity index (χ2n) is 6.75. The normalized spacial score (nSPS) is 15.2. The highest BCUT2D eigenvalue weighted by atomic mass is 35.5. The van der Waals surface area contributed by atoms with Crippen LogP contribution in [0.4, 0.5) is 24.9 Å². The van der Waals surface area contributed by atoms with Crippen LogP contribution in [-0.4, -0.2) is 47.0 Å². The van der Waals surface area contributed by atoms with Gasteiger partial charge in [0.1, 0.15) is 5.82 Å². The largest absolute Gasteiger partial charge is 0.433 e. The fraction of sp³-hybridized carbons (Fsp3) is 0.421. The Morgan fingerprint density at radius 3 is 2.45 bits per heavy atom. The molecule has 10 heteroatoms. The Morgan fingerprint density at radius 2 is 1.79 bits per heavy atom. The molecule has 1 saturated heterocycles. The van der Waals surface area contributed by atoms with Crippen molar-refractivity contribution in [3.05, 3.63) is 46.6 Å². The molecule has 2 heterocycles. The summed E-state index contributed by atoms with van der Waals surface area (Å²) in [6.07, 6.45) is -1.20. The molecule has 2 N–H and O–H groups in total. The van der Waals surface area contributed by atoms with Crippen molar-refractivity contribution in [2.24, 2.45) is 0 Å². The van der Waals surface area contributed by atoms with Crippen LogP contribution in [0, 0.1) is 0 Å². The summed E-state index contributed by atoms with van der Waals surface area (Å²) >= 11 is 5.78. The third-order valence-electron chi connectivity index (χ3n) is 4.52. The van der Waals surface area contributed by atoms with Crippen molar-refractivity contribution in [2.75, 3.05) is 36.8 Å². The van der Waals surface area contributed by atoms with Crippen LogP contribution in [0.1, 0.15) is 35.3 Å². The number of carbonyl (C=O) groups is 1. The number of hydrogen-bond acceptors (Lipinski definition) is 5. The van der Waals surface area contributed by atoms with Crippen LogP contribution in [0.15, 0.2) is 30.3 Å². The van der Waals surface area contributed by atoms with E-state index < -0.39 is 17.8 Å². The van der Waals surface area contributed by atoms with E-state index in [4.69, 9.17) is 11.6 Å². The van der Waals surface area contributed by atoms with E-state index in [2.05, 4.69) is 25.5 Å². The van der Waals surface area contributed by atoms with Crippen molar-refractivity contribution in [1.29, 1.82) is 0 Å². The molecule has 0 saturated carbocycles. The Kier molecular flexibility index (Phi) is 6.92. The molecule has 0 unspecified atom stereocenters. The number of hydrogen-bond donors (Lipinski definition) is 2. The third-order valence-corrected chi connectivity index (χ3v) is 4.78. The van der Waals surface area contributed by atoms with Crippen molar-refractivity contribution < 1.29 is 18.0 Å². The summed E-state index contributed by atoms with van der Waals surface area (Å²) in [5.74, 6) is -0.997. The van der Waals surface area contributed by atoms with Gasteiger partial charge in [0.2, 0.25) is 5.95 Å². The lowest BCUT2D eigenvalue weighted by atomic mass is 10.1. The summed E-state index contributed by atoms with van der Waals surface area (Å²) in [5, 5.41) is 5.67. The van der Waals surface area contributed by atoms with Crippen molar-refractivity contribution in [1.82, 2.24) is 14.9 Å². The van der Waals surface area contributed by atoms with Gasteiger partial charge < -0.3 is 15.5 Å². The summed E-state index contributed by atoms with van der Waals surface area (Å²) in [6.45, 7) is 3.05. The van der Waals surface area contributed by atoms with Crippen molar-refractivity contribution >= 4 is 29.3 Å². The van der Waals surface area contributed by atoms with Crippen LogP contribution in [-0.2, 0) is 6.18 Å². The van der Waals surface area contributed by atoms with Crippen LogP contribution in [0.25, 0.3) is 0 Å². The van der Waals surface area contributed by atoms with Crippen molar-refractivity contribution in [3.63, 3.8) is 0 Å². The Hall–Kier alpha value is -2.39. The Balaban J connectivity index is 1.71. The number of benzene rings is 1. The minimum Gasteiger partial charge on any atom is -0.353 e. The molecule has 0 spiro atoms. The van der Waals surface area contributed by atoms with E-state index in [0.717, 1.165) is 25.9 Å². The highest BCUT2D eigenvalue weighted by molar-refractivity contribution is 6.30. The maximum atomic E-state index is 13.2. The minimum atomic E-state index is -4.66. The van der Waals surface area contributed by atoms with Gasteiger partial charge in [0.25, 0.3) is 5.91 Å². The molecule has 1 aliphatic rings. The zero-order valence-electron chi connectivity index (χ0n) is 15.6. The van der Waals surface area contributed by atoms with Crippen LogP contribution in [0.5, 0.6) is 0 Å². The van der Waals surface area contributed by atoms with Gasteiger partial charge in [-0.05, 0) is 50.2 Å². The van der Waals surface area contributed by atoms with Crippen LogP contribution in [0.3, 0.4) is 0 Å². The first-order chi connectivity index (χ1) is 13.8. The number of nitrogens with one attached hydrogen (secondary N) is 2. The Morgan fingerprint density at radius 1 is 1.10 bits per heavy atom. The lowest BCUT2D eigenvalue weighted by Crippen LogP contribution is -2.34. The number of piperidine rings is 1. The van der Waals surface area contributed by atoms with Gasteiger partial charge in [0.05, 0.1) is 0 Å². The number of amides is 1. The van der Waals surface area contributed by atoms with Gasteiger partial charge >= 0.3 is 6.18 Å². The van der Waals surface area contributed by atoms with E-state index in [-0.39, 0.29) is 17.3 Å². The first-order valence-electron chi connectivity index (χ1n) is 9.31. The summed E-state index contributed by atoms with van der Waals surface area (Å²) in [7, 11) is 0. The van der Waals surface area contributed by atoms with Crippen LogP contribution < -0.4 is 10.6 Å². The molecular weight excluding hydrogens is 407 g/mol. The number of nitrogens with zero attached hydrogens (tertiary/aromatic N) is 3. The zero-order valence-corrected chi connectivity index (χ0v) is 16.4. The molecule has 6 nitrogen and oxygen atoms in total. The SMILES string of the molecule is O=C(Nc1cc(C(F)(F)F)nc(NCCN2CCCCC2)n1)c1ccc(Cl)cc1. The van der Waals surface area contributed by atoms with Gasteiger partial charge in [-0.1, -0.05) is 18.0 Å². The van der Waals surface area contributed by atoms with Crippen molar-refractivity contribution in [2.45, 2.75) is 25.4 Å². The van der Waals surface area contributed by atoms with Gasteiger partial charge in [-0.2, -0.15) is 18.2 Å². The zero-order chi connectivity index (χ0) is 20.9. The maximum absolute atomic E-state index is 13.2. The number of halogens is 4. The highest BCUT2D eigenvalue weighted by Gasteiger charge is 2.34. The molecule has 29 heavy (non-hydrogen) atoms. The monoisotopic (exact) mass is 427 g/mol. The Bertz CT molecular complexity index is 839. The van der Waals surface area contributed by atoms with Gasteiger partial charge in [-0.3, -0.25) is 4.79 Å². The van der Waals surface area contributed by atoms with E-state index in [1.807, 2.05) is 0 Å². The van der Waals surface area contributed by atoms with Crippen LogP contribution >= 0.6 is 11.6 Å². The average molecular weight is 428 g/mol. The fourth-order valence-electron chi connectivity index (χ4n) is 3.03. The molecule has 1 aromatic heterocycles. The molecule has 1 fully saturated rings. The summed E-state index contributed by atoms with van der Waals surface area (Å²) in [5.41, 5.74) is -0.874. The molecule has 0 bridgehead atoms. The van der Waals surface area contributed by atoms with Gasteiger partial charge in [-0.15, -0.1) is 0 Å². The fourth-order valence-corrected chi connectivity index (χ4v) is 3.16. The second-order valence-corrected chi connectivity index (χ2v) is 7.19. The summed E-state index contributed by atoms with van der Waals surface area (Å²) in [6, 6.07) is 6.70. The van der Waals surface area contributed by atoms with Gasteiger partial charge in [0.15, 0.2) is 5.69 Å². The van der Waals surface area contributed by atoms with E-state index in [9.17, 15) is 18.0 Å². The third kappa shape index (κ3) is 6.30. The predicted octanol–water partition coefficient (Wildman–Crippen LogP) is 4.30. The van der Waals surface area contributed by atoms with Crippen molar-refractivity contribution in [3.8, 4) is 0 Å². The second kappa shape index (κ2) is 9.41. The number of alkyl halides is 3. The molecule has 1 amide bonds. The van der Waals surface area contributed by atoms with E-state index in [0.29, 0.717) is 24.2 Å². The first kappa shape index (κ1) is 21.3. The first-order valence-corrected chi connectivity index (χ1v) is 9.68. The minimum absolute atomic E-state index is 0.178. The summed E-state index contributed by atoms with van der Waals surface area (Å²) < 4.78 is 39.6. The number of likely N-dealkylation sites (tertiary alicyclic amines) is 1. The highest BCUT2D eigenvalue weighted by Crippen LogP contribution is 2.29. The van der Waals surface area contributed by atoms with E-state index in [1.54, 1.807) is 0 Å². The molecule has 1 aliphatic heterocycles. The summed E-state index contributed by atoms with van der Waals surface area (Å²) in [4.78, 5) is 22.1. The Labute approximate surface area is 171 Å². The molecule has 0 atom stereocenters. The quantitative estimate of drug-likeness (QED) is 0.719. The van der Waals surface area contributed by atoms with Gasteiger partial charge in [-0.25, -0.2) is 4.98 Å². The molecule has 156 valence electrons. The topological polar surface area (TPSA) is 70.2 Å².